The van der Waals surface area contributed by atoms with Gasteiger partial charge >= 0.3 is 0 Å². The zero-order valence-electron chi connectivity index (χ0n) is 15.5. The van der Waals surface area contributed by atoms with Crippen molar-refractivity contribution in [3.63, 3.8) is 0 Å². The maximum absolute atomic E-state index is 12.5. The average molecular weight is 404 g/mol. The maximum Gasteiger partial charge on any atom is 0.293 e. The Morgan fingerprint density at radius 1 is 1.10 bits per heavy atom. The minimum atomic E-state index is -0.342. The number of para-hydroxylation sites is 2. The van der Waals surface area contributed by atoms with Crippen LogP contribution >= 0.6 is 11.3 Å². The van der Waals surface area contributed by atoms with Gasteiger partial charge in [-0.05, 0) is 31.2 Å². The van der Waals surface area contributed by atoms with E-state index in [0.717, 1.165) is 10.8 Å². The van der Waals surface area contributed by atoms with Gasteiger partial charge in [0.05, 0.1) is 6.61 Å². The third-order valence-corrected chi connectivity index (χ3v) is 5.19. The van der Waals surface area contributed by atoms with Crippen molar-refractivity contribution in [1.29, 1.82) is 0 Å². The summed E-state index contributed by atoms with van der Waals surface area (Å²) in [4.78, 5) is 17.0. The minimum absolute atomic E-state index is 0.244. The molecule has 5 aromatic rings. The molecule has 6 nitrogen and oxygen atoms in total. The van der Waals surface area contributed by atoms with Gasteiger partial charge in [0.1, 0.15) is 11.3 Å². The van der Waals surface area contributed by atoms with E-state index in [9.17, 15) is 4.79 Å². The lowest BCUT2D eigenvalue weighted by Gasteiger charge is -2.02. The lowest BCUT2D eigenvalue weighted by atomic mass is 10.2. The number of furan rings is 2. The van der Waals surface area contributed by atoms with Crippen LogP contribution in [0, 0.1) is 0 Å². The number of ether oxygens (including phenoxy) is 1. The van der Waals surface area contributed by atoms with Crippen molar-refractivity contribution in [3.8, 4) is 17.2 Å². The normalized spacial score (nSPS) is 11.2. The Morgan fingerprint density at radius 2 is 1.97 bits per heavy atom. The summed E-state index contributed by atoms with van der Waals surface area (Å²) in [5, 5.41) is 6.91. The van der Waals surface area contributed by atoms with Crippen molar-refractivity contribution < 1.29 is 18.4 Å². The molecule has 0 bridgehead atoms. The molecular weight excluding hydrogens is 388 g/mol. The van der Waals surface area contributed by atoms with Crippen LogP contribution in [-0.2, 0) is 0 Å². The highest BCUT2D eigenvalue weighted by atomic mass is 32.1. The van der Waals surface area contributed by atoms with Crippen LogP contribution in [0.2, 0.25) is 0 Å². The SMILES string of the molecule is CCOc1cccc2cc(-c3csc(NC(=O)c4cc5ccccc5o4)n3)oc12. The summed E-state index contributed by atoms with van der Waals surface area (Å²) in [5.74, 6) is 1.22. The molecule has 0 aliphatic heterocycles. The first-order chi connectivity index (χ1) is 14.2. The van der Waals surface area contributed by atoms with Gasteiger partial charge in [-0.15, -0.1) is 11.3 Å². The van der Waals surface area contributed by atoms with E-state index in [-0.39, 0.29) is 11.7 Å². The van der Waals surface area contributed by atoms with Crippen LogP contribution in [0.25, 0.3) is 33.4 Å². The van der Waals surface area contributed by atoms with Crippen molar-refractivity contribution in [2.75, 3.05) is 11.9 Å². The Kier molecular flexibility index (Phi) is 4.29. The van der Waals surface area contributed by atoms with Gasteiger partial charge in [-0.25, -0.2) is 4.98 Å². The van der Waals surface area contributed by atoms with E-state index in [4.69, 9.17) is 13.6 Å². The van der Waals surface area contributed by atoms with E-state index in [1.54, 1.807) is 6.07 Å². The molecule has 0 aliphatic carbocycles. The molecule has 0 unspecified atom stereocenters. The second kappa shape index (κ2) is 7.10. The Labute approximate surface area is 169 Å². The van der Waals surface area contributed by atoms with Gasteiger partial charge in [0.25, 0.3) is 5.91 Å². The summed E-state index contributed by atoms with van der Waals surface area (Å²) < 4.78 is 17.2. The summed E-state index contributed by atoms with van der Waals surface area (Å²) in [6.45, 7) is 2.49. The zero-order chi connectivity index (χ0) is 19.8. The van der Waals surface area contributed by atoms with E-state index in [0.29, 0.717) is 40.1 Å². The van der Waals surface area contributed by atoms with Crippen LogP contribution in [0.4, 0.5) is 5.13 Å². The Bertz CT molecular complexity index is 1300. The highest BCUT2D eigenvalue weighted by Gasteiger charge is 2.16. The van der Waals surface area contributed by atoms with Crippen LogP contribution in [0.3, 0.4) is 0 Å². The second-order valence-electron chi connectivity index (χ2n) is 6.36. The standard InChI is InChI=1S/C22H16N2O4S/c1-2-26-17-9-5-7-14-11-18(28-20(14)17)15-12-29-22(23-15)24-21(25)19-10-13-6-3-4-8-16(13)27-19/h3-12H,2H2,1H3,(H,23,24,25). The van der Waals surface area contributed by atoms with Crippen molar-refractivity contribution in [2.45, 2.75) is 6.92 Å². The van der Waals surface area contributed by atoms with Crippen molar-refractivity contribution in [3.05, 3.63) is 65.7 Å². The molecule has 0 radical (unpaired) electrons. The van der Waals surface area contributed by atoms with E-state index < -0.39 is 0 Å². The number of anilines is 1. The van der Waals surface area contributed by atoms with Gasteiger partial charge < -0.3 is 13.6 Å². The van der Waals surface area contributed by atoms with Gasteiger partial charge in [-0.1, -0.05) is 30.3 Å². The molecule has 0 atom stereocenters. The number of fused-ring (bicyclic) bond motifs is 2. The summed E-state index contributed by atoms with van der Waals surface area (Å²) in [7, 11) is 0. The molecule has 1 N–H and O–H groups in total. The molecule has 1 amide bonds. The van der Waals surface area contributed by atoms with Gasteiger partial charge in [0.15, 0.2) is 28.0 Å². The quantitative estimate of drug-likeness (QED) is 0.391. The highest BCUT2D eigenvalue weighted by molar-refractivity contribution is 7.14. The highest BCUT2D eigenvalue weighted by Crippen LogP contribution is 2.34. The molecule has 0 saturated heterocycles. The van der Waals surface area contributed by atoms with Crippen LogP contribution in [-0.4, -0.2) is 17.5 Å². The fourth-order valence-corrected chi connectivity index (χ4v) is 3.82. The second-order valence-corrected chi connectivity index (χ2v) is 7.22. The van der Waals surface area contributed by atoms with E-state index in [2.05, 4.69) is 10.3 Å². The van der Waals surface area contributed by atoms with Crippen LogP contribution in [0.5, 0.6) is 5.75 Å². The van der Waals surface area contributed by atoms with Crippen LogP contribution < -0.4 is 10.1 Å². The Morgan fingerprint density at radius 3 is 2.83 bits per heavy atom. The molecule has 144 valence electrons. The lowest BCUT2D eigenvalue weighted by molar-refractivity contribution is 0.0998. The predicted octanol–water partition coefficient (Wildman–Crippen LogP) is 5.95. The minimum Gasteiger partial charge on any atom is -0.490 e. The van der Waals surface area contributed by atoms with Crippen molar-refractivity contribution in [1.82, 2.24) is 4.98 Å². The van der Waals surface area contributed by atoms with E-state index in [1.807, 2.05) is 60.8 Å². The van der Waals surface area contributed by atoms with Crippen LogP contribution in [0.1, 0.15) is 17.5 Å². The monoisotopic (exact) mass is 404 g/mol. The molecule has 7 heteroatoms. The number of hydrogen-bond acceptors (Lipinski definition) is 6. The molecule has 5 rings (SSSR count). The zero-order valence-corrected chi connectivity index (χ0v) is 16.3. The lowest BCUT2D eigenvalue weighted by Crippen LogP contribution is -2.10. The fraction of sp³-hybridized carbons (Fsp3) is 0.0909. The number of nitrogens with zero attached hydrogens (tertiary/aromatic N) is 1. The average Bonchev–Trinajstić information content (AvgIpc) is 3.45. The molecule has 0 aliphatic rings. The number of carbonyl (C=O) groups excluding carboxylic acids is 1. The van der Waals surface area contributed by atoms with E-state index >= 15 is 0 Å². The first kappa shape index (κ1) is 17.5. The number of thiazole rings is 1. The number of aromatic nitrogens is 1. The molecule has 0 spiro atoms. The first-order valence-corrected chi connectivity index (χ1v) is 10.0. The number of benzene rings is 2. The number of hydrogen-bond donors (Lipinski definition) is 1. The molecule has 29 heavy (non-hydrogen) atoms. The largest absolute Gasteiger partial charge is 0.490 e. The van der Waals surface area contributed by atoms with E-state index in [1.165, 1.54) is 11.3 Å². The Balaban J connectivity index is 1.39. The van der Waals surface area contributed by atoms with Crippen LogP contribution in [0.15, 0.2) is 68.8 Å². The van der Waals surface area contributed by atoms with Crippen molar-refractivity contribution >= 4 is 44.3 Å². The van der Waals surface area contributed by atoms with Gasteiger partial charge in [-0.2, -0.15) is 0 Å². The molecule has 0 fully saturated rings. The maximum atomic E-state index is 12.5. The molecule has 0 saturated carbocycles. The third kappa shape index (κ3) is 3.25. The number of carbonyl (C=O) groups is 1. The Hall–Kier alpha value is -3.58. The molecular formula is C22H16N2O4S. The molecule has 3 heterocycles. The summed E-state index contributed by atoms with van der Waals surface area (Å²) in [6.07, 6.45) is 0. The van der Waals surface area contributed by atoms with Gasteiger partial charge in [-0.3, -0.25) is 10.1 Å². The number of amides is 1. The summed E-state index contributed by atoms with van der Waals surface area (Å²) in [6, 6.07) is 16.9. The summed E-state index contributed by atoms with van der Waals surface area (Å²) >= 11 is 1.32. The number of nitrogens with one attached hydrogen (secondary N) is 1. The predicted molar refractivity (Wildman–Crippen MR) is 113 cm³/mol. The van der Waals surface area contributed by atoms with Crippen molar-refractivity contribution in [2.24, 2.45) is 0 Å². The smallest absolute Gasteiger partial charge is 0.293 e. The molecule has 2 aromatic carbocycles. The fourth-order valence-electron chi connectivity index (χ4n) is 3.13. The summed E-state index contributed by atoms with van der Waals surface area (Å²) in [5.41, 5.74) is 2.00. The topological polar surface area (TPSA) is 77.5 Å². The first-order valence-electron chi connectivity index (χ1n) is 9.12. The van der Waals surface area contributed by atoms with Gasteiger partial charge in [0, 0.05) is 16.2 Å². The molecule has 3 aromatic heterocycles. The van der Waals surface area contributed by atoms with Gasteiger partial charge in [0.2, 0.25) is 0 Å². The number of rotatable bonds is 5. The third-order valence-electron chi connectivity index (χ3n) is 4.43.